The van der Waals surface area contributed by atoms with Crippen molar-refractivity contribution in [3.63, 3.8) is 0 Å². The highest BCUT2D eigenvalue weighted by Gasteiger charge is 2.69. The molecule has 1 aromatic carbocycles. The van der Waals surface area contributed by atoms with Crippen LogP contribution in [0.3, 0.4) is 0 Å². The quantitative estimate of drug-likeness (QED) is 0.446. The van der Waals surface area contributed by atoms with Crippen molar-refractivity contribution in [1.82, 2.24) is 0 Å². The van der Waals surface area contributed by atoms with Gasteiger partial charge in [-0.1, -0.05) is 39.8 Å². The van der Waals surface area contributed by atoms with Crippen LogP contribution in [-0.2, 0) is 25.1 Å². The Morgan fingerprint density at radius 1 is 1.08 bits per heavy atom. The van der Waals surface area contributed by atoms with Crippen LogP contribution in [0, 0.1) is 17.3 Å². The maximum atomic E-state index is 12.2. The Balaban J connectivity index is 2.43. The monoisotopic (exact) mass is 350 g/mol. The van der Waals surface area contributed by atoms with E-state index in [0.717, 1.165) is 5.56 Å². The molecular weight excluding hydrogens is 320 g/mol. The molecule has 1 aliphatic heterocycles. The summed E-state index contributed by atoms with van der Waals surface area (Å²) in [5.41, 5.74) is -0.443. The molecule has 0 saturated carbocycles. The molecule has 25 heavy (non-hydrogen) atoms. The number of methoxy groups -OCH3 is 1. The van der Waals surface area contributed by atoms with Crippen molar-refractivity contribution in [1.29, 1.82) is 0 Å². The average molecular weight is 350 g/mol. The Hall–Kier alpha value is -1.43. The minimum atomic E-state index is -1.04. The van der Waals surface area contributed by atoms with Crippen molar-refractivity contribution in [2.75, 3.05) is 7.11 Å². The molecule has 1 saturated heterocycles. The highest BCUT2D eigenvalue weighted by Crippen LogP contribution is 2.57. The van der Waals surface area contributed by atoms with Crippen molar-refractivity contribution < 1.29 is 24.0 Å². The Morgan fingerprint density at radius 2 is 1.68 bits per heavy atom. The molecule has 0 aliphatic carbocycles. The summed E-state index contributed by atoms with van der Waals surface area (Å²) in [7, 11) is 1.61. The zero-order chi connectivity index (χ0) is 19.0. The van der Waals surface area contributed by atoms with Gasteiger partial charge in [0, 0.05) is 12.7 Å². The van der Waals surface area contributed by atoms with Gasteiger partial charge in [-0.05, 0) is 44.7 Å². The van der Waals surface area contributed by atoms with E-state index in [2.05, 4.69) is 27.7 Å². The molecule has 0 amide bonds. The standard InChI is InChI=1S/C20H30O5/c1-13(2)19(14(3)4)20(22-8,25-24-19)15-10-9-11-16(12-15)23-17(21)18(5,6)7/h9-14H,1-8H3. The van der Waals surface area contributed by atoms with Gasteiger partial charge in [0.15, 0.2) is 5.60 Å². The topological polar surface area (TPSA) is 54.0 Å². The average Bonchev–Trinajstić information content (AvgIpc) is 2.46. The van der Waals surface area contributed by atoms with E-state index in [0.29, 0.717) is 5.75 Å². The van der Waals surface area contributed by atoms with Gasteiger partial charge in [-0.15, -0.1) is 0 Å². The summed E-state index contributed by atoms with van der Waals surface area (Å²) in [4.78, 5) is 23.4. The highest BCUT2D eigenvalue weighted by atomic mass is 17.3. The number of carbonyl (C=O) groups excluding carboxylic acids is 1. The predicted molar refractivity (Wildman–Crippen MR) is 94.8 cm³/mol. The van der Waals surface area contributed by atoms with Crippen LogP contribution < -0.4 is 4.74 Å². The normalized spacial score (nSPS) is 22.8. The third-order valence-corrected chi connectivity index (χ3v) is 4.85. The summed E-state index contributed by atoms with van der Waals surface area (Å²) in [6, 6.07) is 7.27. The number of ether oxygens (including phenoxy) is 2. The maximum Gasteiger partial charge on any atom is 0.316 e. The van der Waals surface area contributed by atoms with Crippen molar-refractivity contribution in [2.45, 2.75) is 59.9 Å². The first kappa shape index (κ1) is 19.9. The Bertz CT molecular complexity index is 617. The lowest BCUT2D eigenvalue weighted by atomic mass is 9.70. The molecule has 1 aromatic rings. The molecule has 0 spiro atoms. The summed E-state index contributed by atoms with van der Waals surface area (Å²) in [6.07, 6.45) is 0. The molecule has 0 radical (unpaired) electrons. The highest BCUT2D eigenvalue weighted by molar-refractivity contribution is 5.77. The van der Waals surface area contributed by atoms with Crippen LogP contribution in [0.5, 0.6) is 5.75 Å². The SMILES string of the molecule is COC1(c2cccc(OC(=O)C(C)(C)C)c2)OOC1(C(C)C)C(C)C. The van der Waals surface area contributed by atoms with Gasteiger partial charge >= 0.3 is 5.97 Å². The van der Waals surface area contributed by atoms with Crippen molar-refractivity contribution in [3.8, 4) is 5.75 Å². The molecule has 0 aromatic heterocycles. The molecule has 1 unspecified atom stereocenters. The molecule has 1 heterocycles. The molecule has 140 valence electrons. The largest absolute Gasteiger partial charge is 0.426 e. The lowest BCUT2D eigenvalue weighted by molar-refractivity contribution is -0.634. The smallest absolute Gasteiger partial charge is 0.316 e. The molecule has 0 N–H and O–H groups in total. The lowest BCUT2D eigenvalue weighted by Gasteiger charge is -2.59. The van der Waals surface area contributed by atoms with E-state index in [1.54, 1.807) is 19.2 Å². The second-order valence-corrected chi connectivity index (χ2v) is 8.26. The summed E-state index contributed by atoms with van der Waals surface area (Å²) in [5, 5.41) is 0. The first-order valence-corrected chi connectivity index (χ1v) is 8.76. The van der Waals surface area contributed by atoms with Gasteiger partial charge in [0.1, 0.15) is 5.75 Å². The van der Waals surface area contributed by atoms with E-state index in [1.807, 2.05) is 32.9 Å². The van der Waals surface area contributed by atoms with Crippen LogP contribution in [0.25, 0.3) is 0 Å². The minimum absolute atomic E-state index is 0.155. The maximum absolute atomic E-state index is 12.2. The molecule has 2 rings (SSSR count). The third-order valence-electron chi connectivity index (χ3n) is 4.85. The van der Waals surface area contributed by atoms with E-state index >= 15 is 0 Å². The number of hydrogen-bond acceptors (Lipinski definition) is 5. The van der Waals surface area contributed by atoms with E-state index < -0.39 is 16.8 Å². The Morgan fingerprint density at radius 3 is 2.08 bits per heavy atom. The Labute approximate surface area is 150 Å². The van der Waals surface area contributed by atoms with Crippen LogP contribution in [0.1, 0.15) is 54.0 Å². The molecule has 1 fully saturated rings. The van der Waals surface area contributed by atoms with Crippen LogP contribution in [-0.4, -0.2) is 18.7 Å². The first-order valence-electron chi connectivity index (χ1n) is 8.76. The number of esters is 1. The van der Waals surface area contributed by atoms with Crippen molar-refractivity contribution in [3.05, 3.63) is 29.8 Å². The number of benzene rings is 1. The lowest BCUT2D eigenvalue weighted by Crippen LogP contribution is -2.70. The molecular formula is C20H30O5. The molecule has 1 atom stereocenters. The van der Waals surface area contributed by atoms with Gasteiger partial charge in [0.25, 0.3) is 5.79 Å². The van der Waals surface area contributed by atoms with E-state index in [-0.39, 0.29) is 17.8 Å². The van der Waals surface area contributed by atoms with Gasteiger partial charge in [0.2, 0.25) is 0 Å². The van der Waals surface area contributed by atoms with Crippen molar-refractivity contribution >= 4 is 5.97 Å². The van der Waals surface area contributed by atoms with Crippen LogP contribution in [0.15, 0.2) is 24.3 Å². The summed E-state index contributed by atoms with van der Waals surface area (Å²) in [6.45, 7) is 13.8. The zero-order valence-electron chi connectivity index (χ0n) is 16.5. The molecule has 1 aliphatic rings. The van der Waals surface area contributed by atoms with Crippen LogP contribution in [0.2, 0.25) is 0 Å². The van der Waals surface area contributed by atoms with Gasteiger partial charge in [-0.25, -0.2) is 4.89 Å². The summed E-state index contributed by atoms with van der Waals surface area (Å²) >= 11 is 0. The van der Waals surface area contributed by atoms with Crippen molar-refractivity contribution in [2.24, 2.45) is 17.3 Å². The summed E-state index contributed by atoms with van der Waals surface area (Å²) in [5.74, 6) is -0.560. The minimum Gasteiger partial charge on any atom is -0.426 e. The van der Waals surface area contributed by atoms with Gasteiger partial charge in [-0.2, -0.15) is 4.89 Å². The Kier molecular flexibility index (Phi) is 5.34. The van der Waals surface area contributed by atoms with E-state index in [1.165, 1.54) is 0 Å². The molecule has 5 nitrogen and oxygen atoms in total. The van der Waals surface area contributed by atoms with Gasteiger partial charge in [0.05, 0.1) is 5.41 Å². The number of hydrogen-bond donors (Lipinski definition) is 0. The fourth-order valence-corrected chi connectivity index (χ4v) is 3.44. The number of rotatable bonds is 5. The molecule has 5 heteroatoms. The number of carbonyl (C=O) groups is 1. The van der Waals surface area contributed by atoms with Crippen LogP contribution >= 0.6 is 0 Å². The van der Waals surface area contributed by atoms with Crippen LogP contribution in [0.4, 0.5) is 0 Å². The molecule has 0 bridgehead atoms. The van der Waals surface area contributed by atoms with Gasteiger partial charge in [-0.3, -0.25) is 4.79 Å². The van der Waals surface area contributed by atoms with E-state index in [9.17, 15) is 4.79 Å². The summed E-state index contributed by atoms with van der Waals surface area (Å²) < 4.78 is 11.4. The first-order chi connectivity index (χ1) is 11.5. The second-order valence-electron chi connectivity index (χ2n) is 8.26. The predicted octanol–water partition coefficient (Wildman–Crippen LogP) is 4.45. The zero-order valence-corrected chi connectivity index (χ0v) is 16.5. The second kappa shape index (κ2) is 6.71. The van der Waals surface area contributed by atoms with Gasteiger partial charge < -0.3 is 9.47 Å². The fraction of sp³-hybridized carbons (Fsp3) is 0.650. The third kappa shape index (κ3) is 3.09. The fourth-order valence-electron chi connectivity index (χ4n) is 3.44. The van der Waals surface area contributed by atoms with E-state index in [4.69, 9.17) is 19.2 Å².